The average Bonchev–Trinajstić information content (AvgIpc) is 2.43. The van der Waals surface area contributed by atoms with Crippen molar-refractivity contribution in [3.63, 3.8) is 0 Å². The molecule has 102 valence electrons. The van der Waals surface area contributed by atoms with Crippen molar-refractivity contribution in [1.82, 2.24) is 0 Å². The van der Waals surface area contributed by atoms with Gasteiger partial charge in [-0.05, 0) is 0 Å². The van der Waals surface area contributed by atoms with Crippen LogP contribution in [-0.2, 0) is 12.7 Å². The Hall–Kier alpha value is -0.101. The molecule has 0 atom stereocenters. The standard InChI is InChI=1S/C7H8N.2C3H7O.CH3.Sn/c8-6-7-4-2-1-3-5-7;2*1-2-3-4;;/h1-4H,6,8H2;2*2-3H2,1H3;1H3;/q;2*-1;;+2. The molecule has 1 aromatic rings. The number of nitrogens with two attached hydrogens (primary N) is 1. The van der Waals surface area contributed by atoms with E-state index in [0.29, 0.717) is 6.54 Å². The van der Waals surface area contributed by atoms with Crippen molar-refractivity contribution in [2.24, 2.45) is 5.73 Å². The molecule has 3 nitrogen and oxygen atoms in total. The second-order valence-corrected chi connectivity index (χ2v) is 13.1. The number of hydrogen-bond donors (Lipinski definition) is 1. The third-order valence-electron chi connectivity index (χ3n) is 2.89. The van der Waals surface area contributed by atoms with Crippen molar-refractivity contribution in [1.29, 1.82) is 0 Å². The Bertz CT molecular complexity index is 349. The van der Waals surface area contributed by atoms with E-state index < -0.39 is 19.2 Å². The van der Waals surface area contributed by atoms with Gasteiger partial charge in [0, 0.05) is 0 Å². The molecule has 0 fully saturated rings. The van der Waals surface area contributed by atoms with Gasteiger partial charge in [-0.15, -0.1) is 0 Å². The molecule has 0 aromatic heterocycles. The topological polar surface area (TPSA) is 44.5 Å². The molecule has 18 heavy (non-hydrogen) atoms. The first-order valence-electron chi connectivity index (χ1n) is 6.74. The molecule has 0 spiro atoms. The van der Waals surface area contributed by atoms with Gasteiger partial charge < -0.3 is 0 Å². The van der Waals surface area contributed by atoms with Gasteiger partial charge in [0.25, 0.3) is 0 Å². The van der Waals surface area contributed by atoms with Crippen LogP contribution in [-0.4, -0.2) is 32.4 Å². The van der Waals surface area contributed by atoms with Gasteiger partial charge in [0.1, 0.15) is 0 Å². The zero-order valence-corrected chi connectivity index (χ0v) is 14.6. The van der Waals surface area contributed by atoms with E-state index in [1.165, 1.54) is 9.14 Å². The Balaban J connectivity index is 2.99. The first kappa shape index (κ1) is 16.0. The fraction of sp³-hybridized carbons (Fsp3) is 0.571. The SMILES string of the molecule is CCC[O][Sn]([CH3])([O]CCC)[c]1ccccc1CN. The third kappa shape index (κ3) is 4.23. The van der Waals surface area contributed by atoms with E-state index in [2.05, 4.69) is 30.9 Å². The van der Waals surface area contributed by atoms with Gasteiger partial charge >= 0.3 is 116 Å². The van der Waals surface area contributed by atoms with Gasteiger partial charge in [-0.3, -0.25) is 0 Å². The van der Waals surface area contributed by atoms with E-state index in [0.717, 1.165) is 26.1 Å². The van der Waals surface area contributed by atoms with Gasteiger partial charge in [-0.25, -0.2) is 0 Å². The van der Waals surface area contributed by atoms with Crippen molar-refractivity contribution in [2.45, 2.75) is 38.2 Å². The predicted molar refractivity (Wildman–Crippen MR) is 78.1 cm³/mol. The molecule has 0 aliphatic heterocycles. The van der Waals surface area contributed by atoms with Gasteiger partial charge in [0.05, 0.1) is 0 Å². The Morgan fingerprint density at radius 2 is 1.61 bits per heavy atom. The molecule has 1 aromatic carbocycles. The van der Waals surface area contributed by atoms with Crippen LogP contribution in [0.1, 0.15) is 32.3 Å². The van der Waals surface area contributed by atoms with Crippen LogP contribution in [0.3, 0.4) is 0 Å². The Morgan fingerprint density at radius 3 is 2.11 bits per heavy atom. The summed E-state index contributed by atoms with van der Waals surface area (Å²) < 4.78 is 13.5. The normalized spacial score (nSPS) is 11.8. The second-order valence-electron chi connectivity index (χ2n) is 4.50. The molecular weight excluding hydrogens is 333 g/mol. The van der Waals surface area contributed by atoms with Gasteiger partial charge in [-0.1, -0.05) is 0 Å². The van der Waals surface area contributed by atoms with Crippen LogP contribution in [0.25, 0.3) is 0 Å². The minimum atomic E-state index is -3.14. The van der Waals surface area contributed by atoms with Crippen LogP contribution in [0.5, 0.6) is 0 Å². The van der Waals surface area contributed by atoms with Crippen molar-refractivity contribution < 1.29 is 6.15 Å². The van der Waals surface area contributed by atoms with Gasteiger partial charge in [0.15, 0.2) is 0 Å². The van der Waals surface area contributed by atoms with Crippen molar-refractivity contribution >= 4 is 22.8 Å². The maximum absolute atomic E-state index is 6.14. The molecule has 0 heterocycles. The van der Waals surface area contributed by atoms with Crippen LogP contribution >= 0.6 is 0 Å². The summed E-state index contributed by atoms with van der Waals surface area (Å²) in [7, 11) is 0. The van der Waals surface area contributed by atoms with Gasteiger partial charge in [-0.2, -0.15) is 0 Å². The molecule has 4 heteroatoms. The van der Waals surface area contributed by atoms with Crippen LogP contribution < -0.4 is 9.31 Å². The van der Waals surface area contributed by atoms with E-state index in [1.807, 2.05) is 12.1 Å². The Labute approximate surface area is 116 Å². The summed E-state index contributed by atoms with van der Waals surface area (Å²) in [5.41, 5.74) is 7.00. The first-order chi connectivity index (χ1) is 8.68. The van der Waals surface area contributed by atoms with Crippen LogP contribution in [0.2, 0.25) is 4.94 Å². The monoisotopic (exact) mass is 359 g/mol. The average molecular weight is 358 g/mol. The number of rotatable bonds is 8. The predicted octanol–water partition coefficient (Wildman–Crippen LogP) is 2.28. The quantitative estimate of drug-likeness (QED) is 0.726. The summed E-state index contributed by atoms with van der Waals surface area (Å²) >= 11 is -3.14. The molecule has 0 amide bonds. The summed E-state index contributed by atoms with van der Waals surface area (Å²) in [6.45, 7) is 6.35. The molecule has 0 unspecified atom stereocenters. The second kappa shape index (κ2) is 8.15. The summed E-state index contributed by atoms with van der Waals surface area (Å²) in [5, 5.41) is 0. The van der Waals surface area contributed by atoms with Crippen molar-refractivity contribution in [3.8, 4) is 0 Å². The Morgan fingerprint density at radius 1 is 1.06 bits per heavy atom. The summed E-state index contributed by atoms with van der Waals surface area (Å²) in [5.74, 6) is 0. The molecule has 0 radical (unpaired) electrons. The first-order valence-corrected chi connectivity index (χ1v) is 13.4. The number of benzene rings is 1. The van der Waals surface area contributed by atoms with E-state index >= 15 is 0 Å². The van der Waals surface area contributed by atoms with Crippen molar-refractivity contribution in [3.05, 3.63) is 29.8 Å². The third-order valence-corrected chi connectivity index (χ3v) is 11.4. The zero-order valence-electron chi connectivity index (χ0n) is 11.7. The molecule has 2 N–H and O–H groups in total. The molecule has 0 bridgehead atoms. The molecule has 0 aliphatic rings. The van der Waals surface area contributed by atoms with E-state index in [4.69, 9.17) is 11.9 Å². The molecular formula is C14H25NO2Sn. The Kier molecular flexibility index (Phi) is 7.22. The fourth-order valence-electron chi connectivity index (χ4n) is 1.93. The summed E-state index contributed by atoms with van der Waals surface area (Å²) in [6.07, 6.45) is 2.04. The minimum absolute atomic E-state index is 0.549. The fourth-order valence-corrected chi connectivity index (χ4v) is 9.78. The molecule has 0 aliphatic carbocycles. The molecule has 0 saturated carbocycles. The van der Waals surface area contributed by atoms with Gasteiger partial charge in [0.2, 0.25) is 0 Å². The molecule has 1 rings (SSSR count). The van der Waals surface area contributed by atoms with E-state index in [9.17, 15) is 0 Å². The molecule has 0 saturated heterocycles. The van der Waals surface area contributed by atoms with Crippen molar-refractivity contribution in [2.75, 3.05) is 13.2 Å². The van der Waals surface area contributed by atoms with E-state index in [-0.39, 0.29) is 0 Å². The van der Waals surface area contributed by atoms with Crippen LogP contribution in [0, 0.1) is 0 Å². The van der Waals surface area contributed by atoms with Crippen LogP contribution in [0.15, 0.2) is 24.3 Å². The maximum atomic E-state index is 6.14. The van der Waals surface area contributed by atoms with Crippen LogP contribution in [0.4, 0.5) is 0 Å². The summed E-state index contributed by atoms with van der Waals surface area (Å²) in [6, 6.07) is 8.28. The summed E-state index contributed by atoms with van der Waals surface area (Å²) in [4.78, 5) is 2.19. The number of hydrogen-bond acceptors (Lipinski definition) is 3. The van der Waals surface area contributed by atoms with E-state index in [1.54, 1.807) is 0 Å². The zero-order chi connectivity index (χ0) is 13.4.